The Morgan fingerprint density at radius 2 is 2.10 bits per heavy atom. The maximum atomic E-state index is 11.9. The number of methoxy groups -OCH3 is 1. The number of carbonyl (C=O) groups is 1. The molecule has 0 saturated heterocycles. The smallest absolute Gasteiger partial charge is 0.319 e. The van der Waals surface area contributed by atoms with Crippen LogP contribution in [0.1, 0.15) is 18.5 Å². The van der Waals surface area contributed by atoms with Crippen LogP contribution in [0.5, 0.6) is 5.88 Å². The molecule has 2 aromatic rings. The molecule has 0 unspecified atom stereocenters. The quantitative estimate of drug-likeness (QED) is 0.895. The first-order valence-corrected chi connectivity index (χ1v) is 6.17. The lowest BCUT2D eigenvalue weighted by atomic mass is 10.1. The molecule has 104 valence electrons. The lowest BCUT2D eigenvalue weighted by Crippen LogP contribution is -2.31. The molecule has 0 aliphatic rings. The van der Waals surface area contributed by atoms with E-state index in [0.717, 1.165) is 5.56 Å². The van der Waals surface area contributed by atoms with Crippen molar-refractivity contribution in [3.8, 4) is 5.88 Å². The summed E-state index contributed by atoms with van der Waals surface area (Å²) in [6, 6.07) is 6.71. The first kappa shape index (κ1) is 13.8. The molecule has 0 aliphatic heterocycles. The van der Waals surface area contributed by atoms with Crippen molar-refractivity contribution in [2.24, 2.45) is 0 Å². The molecule has 0 spiro atoms. The molecule has 0 aromatic carbocycles. The fourth-order valence-electron chi connectivity index (χ4n) is 1.72. The molecule has 2 N–H and O–H groups in total. The fraction of sp³-hybridized carbons (Fsp3) is 0.214. The third-order valence-corrected chi connectivity index (χ3v) is 2.74. The number of carbonyl (C=O) groups excluding carboxylic acids is 1. The van der Waals surface area contributed by atoms with Crippen molar-refractivity contribution in [3.63, 3.8) is 0 Å². The number of pyridine rings is 2. The van der Waals surface area contributed by atoms with Crippen LogP contribution in [0.25, 0.3) is 0 Å². The van der Waals surface area contributed by atoms with E-state index < -0.39 is 0 Å². The predicted octanol–water partition coefficient (Wildman–Crippen LogP) is 2.37. The summed E-state index contributed by atoms with van der Waals surface area (Å²) in [5.41, 5.74) is 1.45. The summed E-state index contributed by atoms with van der Waals surface area (Å²) < 4.78 is 5.07. The number of urea groups is 1. The van der Waals surface area contributed by atoms with Crippen molar-refractivity contribution < 1.29 is 9.53 Å². The second kappa shape index (κ2) is 6.51. The van der Waals surface area contributed by atoms with Gasteiger partial charge in [0, 0.05) is 18.6 Å². The Bertz CT molecular complexity index is 574. The standard InChI is InChI=1S/C14H16N4O2/c1-10(11-5-3-7-15-9-11)17-14(19)18-12-6-4-8-16-13(12)20-2/h3-10H,1-2H3,(H2,17,18,19)/t10-/m1/s1. The Hall–Kier alpha value is -2.63. The van der Waals surface area contributed by atoms with Crippen LogP contribution in [0.3, 0.4) is 0 Å². The summed E-state index contributed by atoms with van der Waals surface area (Å²) in [4.78, 5) is 20.0. The molecule has 0 fully saturated rings. The van der Waals surface area contributed by atoms with Crippen LogP contribution in [0.15, 0.2) is 42.9 Å². The van der Waals surface area contributed by atoms with Crippen LogP contribution in [-0.2, 0) is 0 Å². The Morgan fingerprint density at radius 3 is 2.80 bits per heavy atom. The molecular formula is C14H16N4O2. The summed E-state index contributed by atoms with van der Waals surface area (Å²) >= 11 is 0. The van der Waals surface area contributed by atoms with Crippen LogP contribution in [0, 0.1) is 0 Å². The zero-order valence-corrected chi connectivity index (χ0v) is 11.3. The van der Waals surface area contributed by atoms with Gasteiger partial charge in [0.15, 0.2) is 0 Å². The van der Waals surface area contributed by atoms with Gasteiger partial charge in [0.25, 0.3) is 0 Å². The number of ether oxygens (including phenoxy) is 1. The van der Waals surface area contributed by atoms with Crippen molar-refractivity contribution in [2.75, 3.05) is 12.4 Å². The van der Waals surface area contributed by atoms with E-state index in [0.29, 0.717) is 11.6 Å². The molecule has 1 atom stereocenters. The van der Waals surface area contributed by atoms with E-state index in [2.05, 4.69) is 20.6 Å². The number of anilines is 1. The molecule has 2 heterocycles. The third kappa shape index (κ3) is 3.44. The van der Waals surface area contributed by atoms with Gasteiger partial charge in [-0.1, -0.05) is 6.07 Å². The van der Waals surface area contributed by atoms with Crippen molar-refractivity contribution in [1.82, 2.24) is 15.3 Å². The van der Waals surface area contributed by atoms with Crippen LogP contribution < -0.4 is 15.4 Å². The zero-order chi connectivity index (χ0) is 14.4. The zero-order valence-electron chi connectivity index (χ0n) is 11.3. The minimum absolute atomic E-state index is 0.147. The minimum Gasteiger partial charge on any atom is -0.480 e. The monoisotopic (exact) mass is 272 g/mol. The number of hydrogen-bond donors (Lipinski definition) is 2. The number of rotatable bonds is 4. The highest BCUT2D eigenvalue weighted by Gasteiger charge is 2.11. The van der Waals surface area contributed by atoms with Gasteiger partial charge in [-0.2, -0.15) is 0 Å². The van der Waals surface area contributed by atoms with Crippen LogP contribution >= 0.6 is 0 Å². The van der Waals surface area contributed by atoms with Gasteiger partial charge in [-0.05, 0) is 30.7 Å². The van der Waals surface area contributed by atoms with Crippen molar-refractivity contribution in [1.29, 1.82) is 0 Å². The van der Waals surface area contributed by atoms with Crippen molar-refractivity contribution in [2.45, 2.75) is 13.0 Å². The number of aromatic nitrogens is 2. The lowest BCUT2D eigenvalue weighted by molar-refractivity contribution is 0.249. The van der Waals surface area contributed by atoms with E-state index in [-0.39, 0.29) is 12.1 Å². The van der Waals surface area contributed by atoms with Gasteiger partial charge in [-0.3, -0.25) is 4.98 Å². The van der Waals surface area contributed by atoms with Gasteiger partial charge in [0.2, 0.25) is 5.88 Å². The molecule has 6 nitrogen and oxygen atoms in total. The van der Waals surface area contributed by atoms with Gasteiger partial charge in [0.05, 0.1) is 13.2 Å². The Labute approximate surface area is 117 Å². The third-order valence-electron chi connectivity index (χ3n) is 2.74. The van der Waals surface area contributed by atoms with Crippen molar-refractivity contribution in [3.05, 3.63) is 48.4 Å². The number of nitrogens with one attached hydrogen (secondary N) is 2. The average molecular weight is 272 g/mol. The normalized spacial score (nSPS) is 11.5. The van der Waals surface area contributed by atoms with Gasteiger partial charge in [0.1, 0.15) is 5.69 Å². The first-order valence-electron chi connectivity index (χ1n) is 6.17. The SMILES string of the molecule is COc1ncccc1NC(=O)N[C@H](C)c1cccnc1. The van der Waals surface area contributed by atoms with Gasteiger partial charge >= 0.3 is 6.03 Å². The molecule has 0 saturated carbocycles. The van der Waals surface area contributed by atoms with E-state index in [1.54, 1.807) is 30.7 Å². The minimum atomic E-state index is -0.326. The second-order valence-corrected chi connectivity index (χ2v) is 4.17. The highest BCUT2D eigenvalue weighted by Crippen LogP contribution is 2.20. The van der Waals surface area contributed by atoms with E-state index in [1.807, 2.05) is 19.1 Å². The number of nitrogens with zero attached hydrogens (tertiary/aromatic N) is 2. The largest absolute Gasteiger partial charge is 0.480 e. The Kier molecular flexibility index (Phi) is 4.49. The molecule has 2 aromatic heterocycles. The maximum Gasteiger partial charge on any atom is 0.319 e. The summed E-state index contributed by atoms with van der Waals surface area (Å²) in [7, 11) is 1.50. The van der Waals surface area contributed by atoms with E-state index in [1.165, 1.54) is 7.11 Å². The van der Waals surface area contributed by atoms with Crippen LogP contribution in [0.4, 0.5) is 10.5 Å². The predicted molar refractivity (Wildman–Crippen MR) is 75.6 cm³/mol. The summed E-state index contributed by atoms with van der Waals surface area (Å²) in [6.07, 6.45) is 5.01. The Morgan fingerprint density at radius 1 is 1.30 bits per heavy atom. The molecule has 0 radical (unpaired) electrons. The summed E-state index contributed by atoms with van der Waals surface area (Å²) in [6.45, 7) is 1.89. The molecule has 20 heavy (non-hydrogen) atoms. The first-order chi connectivity index (χ1) is 9.70. The second-order valence-electron chi connectivity index (χ2n) is 4.17. The summed E-state index contributed by atoms with van der Waals surface area (Å²) in [5, 5.41) is 5.53. The number of hydrogen-bond acceptors (Lipinski definition) is 4. The highest BCUT2D eigenvalue weighted by atomic mass is 16.5. The summed E-state index contributed by atoms with van der Waals surface area (Å²) in [5.74, 6) is 0.372. The van der Waals surface area contributed by atoms with Crippen molar-refractivity contribution >= 4 is 11.7 Å². The molecule has 0 bridgehead atoms. The lowest BCUT2D eigenvalue weighted by Gasteiger charge is -2.15. The highest BCUT2D eigenvalue weighted by molar-refractivity contribution is 5.90. The Balaban J connectivity index is 1.99. The maximum absolute atomic E-state index is 11.9. The van der Waals surface area contributed by atoms with E-state index in [4.69, 9.17) is 4.74 Å². The van der Waals surface area contributed by atoms with Crippen LogP contribution in [0.2, 0.25) is 0 Å². The number of amides is 2. The molecular weight excluding hydrogens is 256 g/mol. The molecule has 2 rings (SSSR count). The van der Waals surface area contributed by atoms with Gasteiger partial charge in [-0.15, -0.1) is 0 Å². The molecule has 6 heteroatoms. The van der Waals surface area contributed by atoms with E-state index >= 15 is 0 Å². The fourth-order valence-corrected chi connectivity index (χ4v) is 1.72. The van der Waals surface area contributed by atoms with Gasteiger partial charge in [-0.25, -0.2) is 9.78 Å². The van der Waals surface area contributed by atoms with E-state index in [9.17, 15) is 4.79 Å². The molecule has 0 aliphatic carbocycles. The topological polar surface area (TPSA) is 76.1 Å². The molecule has 2 amide bonds. The van der Waals surface area contributed by atoms with Gasteiger partial charge < -0.3 is 15.4 Å². The average Bonchev–Trinajstić information content (AvgIpc) is 2.48. The van der Waals surface area contributed by atoms with Crippen LogP contribution in [-0.4, -0.2) is 23.1 Å².